The summed E-state index contributed by atoms with van der Waals surface area (Å²) >= 11 is 6.09. The van der Waals surface area contributed by atoms with Crippen LogP contribution in [0.3, 0.4) is 0 Å². The Morgan fingerprint density at radius 1 is 1.21 bits per heavy atom. The Kier molecular flexibility index (Phi) is 4.06. The third kappa shape index (κ3) is 3.25. The molecular weight excluding hydrogens is 262 g/mol. The first-order chi connectivity index (χ1) is 9.10. The van der Waals surface area contributed by atoms with Crippen LogP contribution in [-0.4, -0.2) is 5.11 Å². The van der Waals surface area contributed by atoms with Crippen LogP contribution in [0.4, 0.5) is 0 Å². The summed E-state index contributed by atoms with van der Waals surface area (Å²) in [5, 5.41) is 18.6. The van der Waals surface area contributed by atoms with E-state index in [0.29, 0.717) is 22.1 Å². The normalized spacial score (nSPS) is 11.7. The maximum absolute atomic E-state index is 9.46. The number of aliphatic hydroxyl groups excluding tert-OH is 1. The molecule has 0 saturated heterocycles. The van der Waals surface area contributed by atoms with Crippen molar-refractivity contribution in [3.05, 3.63) is 58.6 Å². The lowest BCUT2D eigenvalue weighted by Gasteiger charge is -2.10. The second-order valence-electron chi connectivity index (χ2n) is 4.10. The molecule has 0 aliphatic heterocycles. The summed E-state index contributed by atoms with van der Waals surface area (Å²) in [6.45, 7) is 1.67. The molecule has 1 N–H and O–H groups in total. The largest absolute Gasteiger partial charge is 0.456 e. The number of benzene rings is 2. The Morgan fingerprint density at radius 2 is 1.89 bits per heavy atom. The van der Waals surface area contributed by atoms with Crippen LogP contribution in [0.1, 0.15) is 24.2 Å². The molecule has 2 aromatic carbocycles. The minimum Gasteiger partial charge on any atom is -0.456 e. The number of halogens is 1. The molecule has 2 aromatic rings. The van der Waals surface area contributed by atoms with Gasteiger partial charge in [0.05, 0.1) is 22.8 Å². The fraction of sp³-hybridized carbons (Fsp3) is 0.133. The highest BCUT2D eigenvalue weighted by molar-refractivity contribution is 6.32. The van der Waals surface area contributed by atoms with E-state index in [1.165, 1.54) is 0 Å². The zero-order valence-electron chi connectivity index (χ0n) is 10.3. The van der Waals surface area contributed by atoms with Gasteiger partial charge in [0.1, 0.15) is 11.5 Å². The minimum atomic E-state index is -0.568. The average Bonchev–Trinajstić information content (AvgIpc) is 2.41. The molecule has 0 fully saturated rings. The second kappa shape index (κ2) is 5.75. The summed E-state index contributed by atoms with van der Waals surface area (Å²) in [7, 11) is 0. The number of nitrogens with zero attached hydrogens (tertiary/aromatic N) is 1. The Balaban J connectivity index is 2.21. The second-order valence-corrected chi connectivity index (χ2v) is 4.51. The highest BCUT2D eigenvalue weighted by atomic mass is 35.5. The number of nitriles is 1. The standard InChI is InChI=1S/C15H12ClNO2/c1-10(18)12-4-7-15(14(16)8-12)19-13-5-2-11(9-17)3-6-13/h2-8,10,18H,1H3/t10-/m1/s1. The molecule has 0 heterocycles. The van der Waals surface area contributed by atoms with Crippen molar-refractivity contribution in [2.24, 2.45) is 0 Å². The summed E-state index contributed by atoms with van der Waals surface area (Å²) in [5.74, 6) is 1.11. The van der Waals surface area contributed by atoms with Gasteiger partial charge in [-0.2, -0.15) is 5.26 Å². The van der Waals surface area contributed by atoms with E-state index in [1.807, 2.05) is 6.07 Å². The zero-order chi connectivity index (χ0) is 13.8. The summed E-state index contributed by atoms with van der Waals surface area (Å²) in [4.78, 5) is 0. The molecule has 0 radical (unpaired) electrons. The average molecular weight is 274 g/mol. The molecule has 4 heteroatoms. The maximum atomic E-state index is 9.46. The molecule has 3 nitrogen and oxygen atoms in total. The lowest BCUT2D eigenvalue weighted by Crippen LogP contribution is -1.92. The maximum Gasteiger partial charge on any atom is 0.146 e. The van der Waals surface area contributed by atoms with Crippen LogP contribution in [0.5, 0.6) is 11.5 Å². The summed E-state index contributed by atoms with van der Waals surface area (Å²) in [6.07, 6.45) is -0.568. The summed E-state index contributed by atoms with van der Waals surface area (Å²) in [5.41, 5.74) is 1.31. The van der Waals surface area contributed by atoms with Gasteiger partial charge in [-0.1, -0.05) is 17.7 Å². The topological polar surface area (TPSA) is 53.2 Å². The van der Waals surface area contributed by atoms with Gasteiger partial charge in [0.25, 0.3) is 0 Å². The first kappa shape index (κ1) is 13.4. The van der Waals surface area contributed by atoms with Gasteiger partial charge in [0.15, 0.2) is 0 Å². The fourth-order valence-corrected chi connectivity index (χ4v) is 1.81. The molecule has 0 amide bonds. The van der Waals surface area contributed by atoms with E-state index < -0.39 is 6.10 Å². The number of hydrogen-bond donors (Lipinski definition) is 1. The van der Waals surface area contributed by atoms with Gasteiger partial charge in [-0.3, -0.25) is 0 Å². The Bertz CT molecular complexity index is 615. The molecule has 0 aliphatic carbocycles. The number of hydrogen-bond acceptors (Lipinski definition) is 3. The Morgan fingerprint density at radius 3 is 2.42 bits per heavy atom. The van der Waals surface area contributed by atoms with Crippen LogP contribution in [0.25, 0.3) is 0 Å². The predicted molar refractivity (Wildman–Crippen MR) is 73.3 cm³/mol. The third-order valence-electron chi connectivity index (χ3n) is 2.65. The monoisotopic (exact) mass is 273 g/mol. The molecule has 0 spiro atoms. The van der Waals surface area contributed by atoms with Crippen molar-refractivity contribution < 1.29 is 9.84 Å². The minimum absolute atomic E-state index is 0.433. The molecule has 0 bridgehead atoms. The Labute approximate surface area is 116 Å². The predicted octanol–water partition coefficient (Wildman–Crippen LogP) is 4.06. The van der Waals surface area contributed by atoms with E-state index in [0.717, 1.165) is 5.56 Å². The summed E-state index contributed by atoms with van der Waals surface area (Å²) < 4.78 is 5.62. The number of rotatable bonds is 3. The molecule has 0 aromatic heterocycles. The van der Waals surface area contributed by atoms with Crippen molar-refractivity contribution in [2.75, 3.05) is 0 Å². The zero-order valence-corrected chi connectivity index (χ0v) is 11.1. The lowest BCUT2D eigenvalue weighted by molar-refractivity contribution is 0.199. The molecule has 0 aliphatic rings. The van der Waals surface area contributed by atoms with Crippen molar-refractivity contribution in [1.82, 2.24) is 0 Å². The van der Waals surface area contributed by atoms with Crippen LogP contribution in [0, 0.1) is 11.3 Å². The van der Waals surface area contributed by atoms with E-state index in [1.54, 1.807) is 49.4 Å². The van der Waals surface area contributed by atoms with Crippen molar-refractivity contribution in [1.29, 1.82) is 5.26 Å². The SMILES string of the molecule is C[C@@H](O)c1ccc(Oc2ccc(C#N)cc2)c(Cl)c1. The molecule has 1 atom stereocenters. The van der Waals surface area contributed by atoms with E-state index in [2.05, 4.69) is 0 Å². The molecule has 2 rings (SSSR count). The quantitative estimate of drug-likeness (QED) is 0.917. The van der Waals surface area contributed by atoms with E-state index in [4.69, 9.17) is 21.6 Å². The van der Waals surface area contributed by atoms with Crippen molar-refractivity contribution in [3.63, 3.8) is 0 Å². The van der Waals surface area contributed by atoms with Crippen molar-refractivity contribution in [2.45, 2.75) is 13.0 Å². The molecule has 19 heavy (non-hydrogen) atoms. The third-order valence-corrected chi connectivity index (χ3v) is 2.94. The van der Waals surface area contributed by atoms with Crippen LogP contribution in [0.15, 0.2) is 42.5 Å². The first-order valence-electron chi connectivity index (χ1n) is 5.75. The van der Waals surface area contributed by atoms with Gasteiger partial charge in [-0.05, 0) is 48.9 Å². The smallest absolute Gasteiger partial charge is 0.146 e. The van der Waals surface area contributed by atoms with Crippen LogP contribution in [0.2, 0.25) is 5.02 Å². The van der Waals surface area contributed by atoms with Crippen molar-refractivity contribution >= 4 is 11.6 Å². The highest BCUT2D eigenvalue weighted by Crippen LogP contribution is 2.31. The van der Waals surface area contributed by atoms with Crippen LogP contribution >= 0.6 is 11.6 Å². The Hall–Kier alpha value is -2.02. The van der Waals surface area contributed by atoms with Crippen LogP contribution in [-0.2, 0) is 0 Å². The molecule has 96 valence electrons. The fourth-order valence-electron chi connectivity index (χ4n) is 1.58. The summed E-state index contributed by atoms with van der Waals surface area (Å²) in [6, 6.07) is 13.9. The van der Waals surface area contributed by atoms with Gasteiger partial charge in [0.2, 0.25) is 0 Å². The number of aliphatic hydroxyl groups is 1. The highest BCUT2D eigenvalue weighted by Gasteiger charge is 2.07. The van der Waals surface area contributed by atoms with E-state index >= 15 is 0 Å². The molecular formula is C15H12ClNO2. The van der Waals surface area contributed by atoms with E-state index in [9.17, 15) is 5.11 Å². The van der Waals surface area contributed by atoms with Gasteiger partial charge in [0, 0.05) is 0 Å². The van der Waals surface area contributed by atoms with Crippen molar-refractivity contribution in [3.8, 4) is 17.6 Å². The van der Waals surface area contributed by atoms with Gasteiger partial charge in [-0.15, -0.1) is 0 Å². The van der Waals surface area contributed by atoms with Gasteiger partial charge < -0.3 is 9.84 Å². The number of ether oxygens (including phenoxy) is 1. The molecule has 0 saturated carbocycles. The van der Waals surface area contributed by atoms with Gasteiger partial charge >= 0.3 is 0 Å². The van der Waals surface area contributed by atoms with Gasteiger partial charge in [-0.25, -0.2) is 0 Å². The lowest BCUT2D eigenvalue weighted by atomic mass is 10.1. The van der Waals surface area contributed by atoms with E-state index in [-0.39, 0.29) is 0 Å². The molecule has 0 unspecified atom stereocenters. The first-order valence-corrected chi connectivity index (χ1v) is 6.13. The van der Waals surface area contributed by atoms with Crippen LogP contribution < -0.4 is 4.74 Å².